The number of hydrogen-bond donors (Lipinski definition) is 2. The summed E-state index contributed by atoms with van der Waals surface area (Å²) < 4.78 is 5.33. The molecule has 1 aromatic rings. The highest BCUT2D eigenvalue weighted by atomic mass is 16.5. The van der Waals surface area contributed by atoms with Crippen molar-refractivity contribution in [2.24, 2.45) is 5.92 Å². The van der Waals surface area contributed by atoms with E-state index in [1.165, 1.54) is 0 Å². The monoisotopic (exact) mass is 374 g/mol. The van der Waals surface area contributed by atoms with Crippen LogP contribution in [-0.2, 0) is 25.5 Å². The average molecular weight is 374 g/mol. The van der Waals surface area contributed by atoms with Gasteiger partial charge in [-0.3, -0.25) is 9.59 Å². The smallest absolute Gasteiger partial charge is 0.329 e. The molecular weight excluding hydrogens is 344 g/mol. The molecule has 1 fully saturated rings. The highest BCUT2D eigenvalue weighted by Crippen LogP contribution is 2.18. The Morgan fingerprint density at radius 1 is 1.07 bits per heavy atom. The standard InChI is InChI=1S/C21H30N2O4/c1-14(2)19(23-18(24)13-16-9-5-4-6-10-16)21(26)27-15(3)20(25)22-17-11-7-8-12-17/h4-6,9-10,14-15,17,19H,7-8,11-13H2,1-3H3,(H,22,25)(H,23,24)/t15-,19-/m0/s1. The van der Waals surface area contributed by atoms with Crippen LogP contribution in [0.1, 0.15) is 52.0 Å². The number of nitrogens with one attached hydrogen (secondary N) is 2. The summed E-state index contributed by atoms with van der Waals surface area (Å²) in [7, 11) is 0. The van der Waals surface area contributed by atoms with Gasteiger partial charge in [-0.25, -0.2) is 4.79 Å². The van der Waals surface area contributed by atoms with Crippen LogP contribution in [0, 0.1) is 5.92 Å². The number of hydrogen-bond acceptors (Lipinski definition) is 4. The number of carbonyl (C=O) groups is 3. The fourth-order valence-corrected chi connectivity index (χ4v) is 3.19. The van der Waals surface area contributed by atoms with Crippen molar-refractivity contribution in [2.75, 3.05) is 0 Å². The molecule has 0 unspecified atom stereocenters. The third-order valence-corrected chi connectivity index (χ3v) is 4.81. The van der Waals surface area contributed by atoms with Crippen LogP contribution >= 0.6 is 0 Å². The molecule has 1 aromatic carbocycles. The number of rotatable bonds is 8. The Labute approximate surface area is 161 Å². The topological polar surface area (TPSA) is 84.5 Å². The molecule has 1 aliphatic carbocycles. The zero-order valence-electron chi connectivity index (χ0n) is 16.4. The first-order valence-electron chi connectivity index (χ1n) is 9.71. The van der Waals surface area contributed by atoms with Crippen LogP contribution in [0.4, 0.5) is 0 Å². The number of carbonyl (C=O) groups excluding carboxylic acids is 3. The van der Waals surface area contributed by atoms with Gasteiger partial charge >= 0.3 is 5.97 Å². The molecule has 0 aromatic heterocycles. The molecule has 1 aliphatic rings. The molecule has 1 saturated carbocycles. The second-order valence-electron chi connectivity index (χ2n) is 7.52. The number of benzene rings is 1. The van der Waals surface area contributed by atoms with Crippen LogP contribution in [0.25, 0.3) is 0 Å². The normalized spacial score (nSPS) is 16.6. The predicted octanol–water partition coefficient (Wildman–Crippen LogP) is 2.36. The summed E-state index contributed by atoms with van der Waals surface area (Å²) in [6.45, 7) is 5.22. The van der Waals surface area contributed by atoms with E-state index in [2.05, 4.69) is 10.6 Å². The quantitative estimate of drug-likeness (QED) is 0.684. The minimum atomic E-state index is -0.884. The van der Waals surface area contributed by atoms with Crippen molar-refractivity contribution >= 4 is 17.8 Å². The average Bonchev–Trinajstić information content (AvgIpc) is 3.13. The van der Waals surface area contributed by atoms with Gasteiger partial charge in [0.05, 0.1) is 6.42 Å². The predicted molar refractivity (Wildman–Crippen MR) is 103 cm³/mol. The van der Waals surface area contributed by atoms with E-state index in [0.29, 0.717) is 0 Å². The van der Waals surface area contributed by atoms with Crippen molar-refractivity contribution in [3.05, 3.63) is 35.9 Å². The van der Waals surface area contributed by atoms with Crippen LogP contribution in [0.15, 0.2) is 30.3 Å². The van der Waals surface area contributed by atoms with E-state index in [-0.39, 0.29) is 30.2 Å². The van der Waals surface area contributed by atoms with Gasteiger partial charge < -0.3 is 15.4 Å². The maximum atomic E-state index is 12.5. The van der Waals surface area contributed by atoms with Crippen LogP contribution in [0.3, 0.4) is 0 Å². The van der Waals surface area contributed by atoms with E-state index in [4.69, 9.17) is 4.74 Å². The molecule has 148 valence electrons. The summed E-state index contributed by atoms with van der Waals surface area (Å²) in [5, 5.41) is 5.66. The zero-order valence-corrected chi connectivity index (χ0v) is 16.4. The Balaban J connectivity index is 1.87. The highest BCUT2D eigenvalue weighted by Gasteiger charge is 2.29. The Kier molecular flexibility index (Phi) is 7.82. The van der Waals surface area contributed by atoms with Gasteiger partial charge in [-0.1, -0.05) is 57.0 Å². The summed E-state index contributed by atoms with van der Waals surface area (Å²) >= 11 is 0. The van der Waals surface area contributed by atoms with E-state index in [1.54, 1.807) is 6.92 Å². The fraction of sp³-hybridized carbons (Fsp3) is 0.571. The zero-order chi connectivity index (χ0) is 19.8. The van der Waals surface area contributed by atoms with Crippen LogP contribution in [0.2, 0.25) is 0 Å². The largest absolute Gasteiger partial charge is 0.451 e. The SMILES string of the molecule is CC(C)[C@H](NC(=O)Cc1ccccc1)C(=O)O[C@@H](C)C(=O)NC1CCCC1. The summed E-state index contributed by atoms with van der Waals surface area (Å²) in [6.07, 6.45) is 3.47. The first-order valence-corrected chi connectivity index (χ1v) is 9.71. The van der Waals surface area contributed by atoms with Gasteiger partial charge in [0.15, 0.2) is 6.10 Å². The first-order chi connectivity index (χ1) is 12.9. The number of esters is 1. The Hall–Kier alpha value is -2.37. The van der Waals surface area contributed by atoms with Gasteiger partial charge in [-0.2, -0.15) is 0 Å². The molecule has 6 heteroatoms. The lowest BCUT2D eigenvalue weighted by Gasteiger charge is -2.23. The van der Waals surface area contributed by atoms with Gasteiger partial charge in [0.1, 0.15) is 6.04 Å². The molecule has 2 N–H and O–H groups in total. The Bertz CT molecular complexity index is 639. The summed E-state index contributed by atoms with van der Waals surface area (Å²) in [5.41, 5.74) is 0.871. The van der Waals surface area contributed by atoms with E-state index >= 15 is 0 Å². The molecule has 0 saturated heterocycles. The molecule has 0 spiro atoms. The molecular formula is C21H30N2O4. The van der Waals surface area contributed by atoms with Gasteiger partial charge in [0, 0.05) is 6.04 Å². The molecule has 0 bridgehead atoms. The minimum absolute atomic E-state index is 0.151. The molecule has 0 radical (unpaired) electrons. The van der Waals surface area contributed by atoms with Crippen molar-refractivity contribution in [2.45, 2.75) is 71.1 Å². The minimum Gasteiger partial charge on any atom is -0.451 e. The van der Waals surface area contributed by atoms with Gasteiger partial charge in [0.25, 0.3) is 5.91 Å². The van der Waals surface area contributed by atoms with Crippen molar-refractivity contribution in [1.82, 2.24) is 10.6 Å². The fourth-order valence-electron chi connectivity index (χ4n) is 3.19. The molecule has 2 atom stereocenters. The van der Waals surface area contributed by atoms with Gasteiger partial charge in [-0.05, 0) is 31.2 Å². The highest BCUT2D eigenvalue weighted by molar-refractivity contribution is 5.88. The van der Waals surface area contributed by atoms with Crippen molar-refractivity contribution < 1.29 is 19.1 Å². The van der Waals surface area contributed by atoms with Crippen molar-refractivity contribution in [1.29, 1.82) is 0 Å². The van der Waals surface area contributed by atoms with Crippen molar-refractivity contribution in [3.63, 3.8) is 0 Å². The lowest BCUT2D eigenvalue weighted by Crippen LogP contribution is -2.48. The van der Waals surface area contributed by atoms with E-state index in [9.17, 15) is 14.4 Å². The summed E-state index contributed by atoms with van der Waals surface area (Å²) in [4.78, 5) is 37.0. The molecule has 2 amide bonds. The lowest BCUT2D eigenvalue weighted by atomic mass is 10.0. The maximum absolute atomic E-state index is 12.5. The van der Waals surface area contributed by atoms with Crippen molar-refractivity contribution in [3.8, 4) is 0 Å². The summed E-state index contributed by atoms with van der Waals surface area (Å²) in [6, 6.07) is 8.71. The van der Waals surface area contributed by atoms with Gasteiger partial charge in [-0.15, -0.1) is 0 Å². The number of ether oxygens (including phenoxy) is 1. The molecule has 27 heavy (non-hydrogen) atoms. The summed E-state index contributed by atoms with van der Waals surface area (Å²) in [5.74, 6) is -1.27. The first kappa shape index (κ1) is 20.9. The van der Waals surface area contributed by atoms with Crippen LogP contribution < -0.4 is 10.6 Å². The Morgan fingerprint density at radius 2 is 1.70 bits per heavy atom. The third-order valence-electron chi connectivity index (χ3n) is 4.81. The number of amides is 2. The molecule has 2 rings (SSSR count). The van der Waals surface area contributed by atoms with E-state index < -0.39 is 18.1 Å². The molecule has 0 heterocycles. The second-order valence-corrected chi connectivity index (χ2v) is 7.52. The third kappa shape index (κ3) is 6.70. The van der Waals surface area contributed by atoms with Crippen LogP contribution in [0.5, 0.6) is 0 Å². The van der Waals surface area contributed by atoms with Crippen LogP contribution in [-0.4, -0.2) is 36.0 Å². The molecule has 6 nitrogen and oxygen atoms in total. The lowest BCUT2D eigenvalue weighted by molar-refractivity contribution is -0.158. The Morgan fingerprint density at radius 3 is 2.30 bits per heavy atom. The molecule has 0 aliphatic heterocycles. The second kappa shape index (κ2) is 10.1. The van der Waals surface area contributed by atoms with Gasteiger partial charge in [0.2, 0.25) is 5.91 Å². The van der Waals surface area contributed by atoms with E-state index in [0.717, 1.165) is 31.2 Å². The maximum Gasteiger partial charge on any atom is 0.329 e. The van der Waals surface area contributed by atoms with E-state index in [1.807, 2.05) is 44.2 Å².